The summed E-state index contributed by atoms with van der Waals surface area (Å²) in [7, 11) is 0. The average molecular weight is 287 g/mol. The molecule has 1 fully saturated rings. The molecule has 21 heavy (non-hydrogen) atoms. The van der Waals surface area contributed by atoms with E-state index in [0.29, 0.717) is 6.04 Å². The molecule has 3 rings (SSSR count). The van der Waals surface area contributed by atoms with Gasteiger partial charge in [-0.15, -0.1) is 0 Å². The lowest BCUT2D eigenvalue weighted by Gasteiger charge is -2.25. The van der Waals surface area contributed by atoms with E-state index in [1.54, 1.807) is 0 Å². The fourth-order valence-corrected chi connectivity index (χ4v) is 3.76. The Hall–Kier alpha value is -1.35. The number of nitrogens with zero attached hydrogens (tertiary/aromatic N) is 1. The monoisotopic (exact) mass is 287 g/mol. The Morgan fingerprint density at radius 1 is 1.19 bits per heavy atom. The number of aliphatic hydroxyl groups is 1. The standard InChI is InChI=1S/C18H25NO2/c20-12-4-8-17-7-3-11-19(17)18(21)16-10-9-14-5-1-2-6-15(14)13-16/h9-10,13,17,20H,1-8,11-12H2. The van der Waals surface area contributed by atoms with Crippen LogP contribution in [-0.2, 0) is 12.8 Å². The number of benzene rings is 1. The molecule has 1 aromatic rings. The van der Waals surface area contributed by atoms with Crippen molar-refractivity contribution < 1.29 is 9.90 Å². The minimum atomic E-state index is 0.184. The molecule has 1 saturated heterocycles. The Kier molecular flexibility index (Phi) is 4.59. The molecule has 3 heteroatoms. The second kappa shape index (κ2) is 6.61. The summed E-state index contributed by atoms with van der Waals surface area (Å²) in [6.07, 6.45) is 8.68. The molecule has 0 saturated carbocycles. The van der Waals surface area contributed by atoms with Crippen LogP contribution in [-0.4, -0.2) is 35.1 Å². The lowest BCUT2D eigenvalue weighted by molar-refractivity contribution is 0.0724. The van der Waals surface area contributed by atoms with Crippen LogP contribution < -0.4 is 0 Å². The molecule has 0 aromatic heterocycles. The Balaban J connectivity index is 1.75. The predicted octanol–water partition coefficient (Wildman–Crippen LogP) is 2.94. The van der Waals surface area contributed by atoms with Gasteiger partial charge in [0, 0.05) is 24.8 Å². The van der Waals surface area contributed by atoms with Crippen molar-refractivity contribution in [2.45, 2.75) is 57.4 Å². The second-order valence-electron chi connectivity index (χ2n) is 6.35. The molecule has 2 aliphatic rings. The number of fused-ring (bicyclic) bond motifs is 1. The first-order valence-corrected chi connectivity index (χ1v) is 8.33. The molecule has 1 unspecified atom stereocenters. The SMILES string of the molecule is O=C(c1ccc2c(c1)CCCC2)N1CCCC1CCCO. The number of rotatable bonds is 4. The topological polar surface area (TPSA) is 40.5 Å². The maximum atomic E-state index is 12.8. The first-order chi connectivity index (χ1) is 10.3. The highest BCUT2D eigenvalue weighted by Gasteiger charge is 2.29. The highest BCUT2D eigenvalue weighted by molar-refractivity contribution is 5.95. The summed E-state index contributed by atoms with van der Waals surface area (Å²) < 4.78 is 0. The van der Waals surface area contributed by atoms with E-state index >= 15 is 0 Å². The van der Waals surface area contributed by atoms with Crippen molar-refractivity contribution in [2.24, 2.45) is 0 Å². The number of amides is 1. The van der Waals surface area contributed by atoms with Crippen molar-refractivity contribution in [3.8, 4) is 0 Å². The van der Waals surface area contributed by atoms with E-state index in [-0.39, 0.29) is 12.5 Å². The molecule has 1 aliphatic heterocycles. The quantitative estimate of drug-likeness (QED) is 0.925. The van der Waals surface area contributed by atoms with Gasteiger partial charge in [-0.05, 0) is 74.6 Å². The summed E-state index contributed by atoms with van der Waals surface area (Å²) in [5.41, 5.74) is 3.65. The third kappa shape index (κ3) is 3.13. The number of aryl methyl sites for hydroxylation is 2. The van der Waals surface area contributed by atoms with Crippen LogP contribution in [0.15, 0.2) is 18.2 Å². The largest absolute Gasteiger partial charge is 0.396 e. The molecule has 1 aliphatic carbocycles. The molecule has 3 nitrogen and oxygen atoms in total. The molecule has 114 valence electrons. The Morgan fingerprint density at radius 2 is 2.00 bits per heavy atom. The van der Waals surface area contributed by atoms with Crippen molar-refractivity contribution in [1.29, 1.82) is 0 Å². The molecule has 1 heterocycles. The number of hydrogen-bond acceptors (Lipinski definition) is 2. The van der Waals surface area contributed by atoms with E-state index in [1.807, 2.05) is 11.0 Å². The van der Waals surface area contributed by atoms with Gasteiger partial charge in [0.2, 0.25) is 0 Å². The lowest BCUT2D eigenvalue weighted by Crippen LogP contribution is -2.35. The van der Waals surface area contributed by atoms with E-state index < -0.39 is 0 Å². The summed E-state index contributed by atoms with van der Waals surface area (Å²) in [6, 6.07) is 6.60. The molecular formula is C18H25NO2. The molecule has 1 atom stereocenters. The summed E-state index contributed by atoms with van der Waals surface area (Å²) in [6.45, 7) is 1.09. The van der Waals surface area contributed by atoms with Crippen molar-refractivity contribution in [2.75, 3.05) is 13.2 Å². The zero-order chi connectivity index (χ0) is 14.7. The Morgan fingerprint density at radius 3 is 2.81 bits per heavy atom. The third-order valence-corrected chi connectivity index (χ3v) is 4.93. The number of hydrogen-bond donors (Lipinski definition) is 1. The van der Waals surface area contributed by atoms with Crippen LogP contribution in [0.2, 0.25) is 0 Å². The lowest BCUT2D eigenvalue weighted by atomic mass is 9.90. The van der Waals surface area contributed by atoms with Crippen LogP contribution in [0.4, 0.5) is 0 Å². The summed E-state index contributed by atoms with van der Waals surface area (Å²) in [4.78, 5) is 14.8. The highest BCUT2D eigenvalue weighted by Crippen LogP contribution is 2.26. The van der Waals surface area contributed by atoms with Gasteiger partial charge in [-0.1, -0.05) is 6.07 Å². The number of carbonyl (C=O) groups is 1. The smallest absolute Gasteiger partial charge is 0.254 e. The number of aliphatic hydroxyl groups excluding tert-OH is 1. The van der Waals surface area contributed by atoms with Gasteiger partial charge in [0.15, 0.2) is 0 Å². The van der Waals surface area contributed by atoms with Crippen LogP contribution in [0.1, 0.15) is 60.0 Å². The van der Waals surface area contributed by atoms with Gasteiger partial charge < -0.3 is 10.0 Å². The van der Waals surface area contributed by atoms with E-state index in [4.69, 9.17) is 5.11 Å². The minimum Gasteiger partial charge on any atom is -0.396 e. The minimum absolute atomic E-state index is 0.184. The molecule has 0 bridgehead atoms. The van der Waals surface area contributed by atoms with E-state index in [0.717, 1.165) is 50.6 Å². The number of carbonyl (C=O) groups excluding carboxylic acids is 1. The van der Waals surface area contributed by atoms with Crippen LogP contribution in [0.5, 0.6) is 0 Å². The van der Waals surface area contributed by atoms with Gasteiger partial charge >= 0.3 is 0 Å². The van der Waals surface area contributed by atoms with Gasteiger partial charge in [0.05, 0.1) is 0 Å². The van der Waals surface area contributed by atoms with E-state index in [1.165, 1.54) is 24.0 Å². The maximum absolute atomic E-state index is 12.8. The summed E-state index contributed by atoms with van der Waals surface area (Å²) in [5.74, 6) is 0.184. The molecule has 1 aromatic carbocycles. The fourth-order valence-electron chi connectivity index (χ4n) is 3.76. The van der Waals surface area contributed by atoms with Gasteiger partial charge in [0.25, 0.3) is 5.91 Å². The molecule has 0 spiro atoms. The molecule has 1 N–H and O–H groups in total. The molecular weight excluding hydrogens is 262 g/mol. The van der Waals surface area contributed by atoms with Crippen molar-refractivity contribution >= 4 is 5.91 Å². The maximum Gasteiger partial charge on any atom is 0.254 e. The van der Waals surface area contributed by atoms with Crippen LogP contribution in [0, 0.1) is 0 Å². The highest BCUT2D eigenvalue weighted by atomic mass is 16.3. The summed E-state index contributed by atoms with van der Waals surface area (Å²) in [5, 5.41) is 9.00. The third-order valence-electron chi connectivity index (χ3n) is 4.93. The van der Waals surface area contributed by atoms with Crippen molar-refractivity contribution in [1.82, 2.24) is 4.90 Å². The van der Waals surface area contributed by atoms with E-state index in [2.05, 4.69) is 12.1 Å². The normalized spacial score (nSPS) is 21.4. The van der Waals surface area contributed by atoms with Crippen molar-refractivity contribution in [3.05, 3.63) is 34.9 Å². The van der Waals surface area contributed by atoms with Crippen LogP contribution >= 0.6 is 0 Å². The Labute approximate surface area is 127 Å². The number of likely N-dealkylation sites (tertiary alicyclic amines) is 1. The first-order valence-electron chi connectivity index (χ1n) is 8.33. The van der Waals surface area contributed by atoms with Gasteiger partial charge in [-0.2, -0.15) is 0 Å². The molecule has 0 radical (unpaired) electrons. The second-order valence-corrected chi connectivity index (χ2v) is 6.35. The average Bonchev–Trinajstić information content (AvgIpc) is 3.00. The fraction of sp³-hybridized carbons (Fsp3) is 0.611. The first kappa shape index (κ1) is 14.6. The van der Waals surface area contributed by atoms with Crippen molar-refractivity contribution in [3.63, 3.8) is 0 Å². The predicted molar refractivity (Wildman–Crippen MR) is 83.5 cm³/mol. The van der Waals surface area contributed by atoms with E-state index in [9.17, 15) is 4.79 Å². The van der Waals surface area contributed by atoms with Crippen LogP contribution in [0.25, 0.3) is 0 Å². The van der Waals surface area contributed by atoms with Gasteiger partial charge in [-0.25, -0.2) is 0 Å². The summed E-state index contributed by atoms with van der Waals surface area (Å²) >= 11 is 0. The van der Waals surface area contributed by atoms with Gasteiger partial charge in [0.1, 0.15) is 0 Å². The molecule has 1 amide bonds. The van der Waals surface area contributed by atoms with Crippen LogP contribution in [0.3, 0.4) is 0 Å². The zero-order valence-corrected chi connectivity index (χ0v) is 12.7. The van der Waals surface area contributed by atoms with Gasteiger partial charge in [-0.3, -0.25) is 4.79 Å². The zero-order valence-electron chi connectivity index (χ0n) is 12.7. The Bertz CT molecular complexity index is 512.